The van der Waals surface area contributed by atoms with Gasteiger partial charge < -0.3 is 9.64 Å². The van der Waals surface area contributed by atoms with Gasteiger partial charge in [0.05, 0.1) is 18.1 Å². The number of rotatable bonds is 4. The third kappa shape index (κ3) is 3.92. The molecule has 0 atom stereocenters. The summed E-state index contributed by atoms with van der Waals surface area (Å²) in [6, 6.07) is 1.46. The van der Waals surface area contributed by atoms with Gasteiger partial charge in [-0.1, -0.05) is 0 Å². The predicted octanol–water partition coefficient (Wildman–Crippen LogP) is 3.39. The van der Waals surface area contributed by atoms with Crippen LogP contribution >= 0.6 is 11.9 Å². The minimum Gasteiger partial charge on any atom is -0.381 e. The highest BCUT2D eigenvalue weighted by molar-refractivity contribution is 7.97. The molecule has 0 aromatic carbocycles. The maximum atomic E-state index is 13.2. The Labute approximate surface area is 156 Å². The van der Waals surface area contributed by atoms with E-state index in [4.69, 9.17) is 4.74 Å². The maximum absolute atomic E-state index is 13.2. The Kier molecular flexibility index (Phi) is 4.64. The average Bonchev–Trinajstić information content (AvgIpc) is 2.43. The van der Waals surface area contributed by atoms with Crippen molar-refractivity contribution in [1.82, 2.24) is 14.2 Å². The van der Waals surface area contributed by atoms with E-state index in [2.05, 4.69) is 9.88 Å². The van der Waals surface area contributed by atoms with Gasteiger partial charge in [0, 0.05) is 44.1 Å². The second kappa shape index (κ2) is 6.50. The summed E-state index contributed by atoms with van der Waals surface area (Å²) in [5.41, 5.74) is -2.92. The Bertz CT molecular complexity index is 707. The highest BCUT2D eigenvalue weighted by Crippen LogP contribution is 2.47. The van der Waals surface area contributed by atoms with Crippen molar-refractivity contribution in [2.45, 2.75) is 17.2 Å². The van der Waals surface area contributed by atoms with Crippen molar-refractivity contribution in [3.05, 3.63) is 23.5 Å². The summed E-state index contributed by atoms with van der Waals surface area (Å²) in [5.74, 6) is 0.570. The molecular weight excluding hydrogens is 396 g/mol. The number of likely N-dealkylation sites (tertiary alicyclic amines) is 1. The summed E-state index contributed by atoms with van der Waals surface area (Å²) in [6.07, 6.45) is -9.85. The molecular formula is C16H17F6N3OS. The van der Waals surface area contributed by atoms with Crippen LogP contribution in [0.4, 0.5) is 26.3 Å². The van der Waals surface area contributed by atoms with Crippen molar-refractivity contribution < 1.29 is 31.1 Å². The first-order valence-electron chi connectivity index (χ1n) is 8.43. The van der Waals surface area contributed by atoms with Gasteiger partial charge >= 0.3 is 12.4 Å². The summed E-state index contributed by atoms with van der Waals surface area (Å²) < 4.78 is 84.4. The molecule has 3 fully saturated rings. The smallest absolute Gasteiger partial charge is 0.381 e. The van der Waals surface area contributed by atoms with Gasteiger partial charge in [0.15, 0.2) is 5.69 Å². The lowest BCUT2D eigenvalue weighted by atomic mass is 9.74. The van der Waals surface area contributed by atoms with Crippen LogP contribution in [0.5, 0.6) is 0 Å². The molecule has 4 heterocycles. The number of nitrogens with zero attached hydrogens (tertiary/aromatic N) is 3. The molecule has 0 bridgehead atoms. The SMILES string of the molecule is FC(F)(F)c1ccc(SN2CC3(CN(CC4COC4)C3)C2)c(C(F)(F)F)n1. The van der Waals surface area contributed by atoms with Crippen molar-refractivity contribution >= 4 is 11.9 Å². The molecule has 1 aromatic heterocycles. The molecule has 0 amide bonds. The van der Waals surface area contributed by atoms with E-state index < -0.39 is 23.7 Å². The predicted molar refractivity (Wildman–Crippen MR) is 84.9 cm³/mol. The van der Waals surface area contributed by atoms with Crippen LogP contribution in [0.2, 0.25) is 0 Å². The number of ether oxygens (including phenoxy) is 1. The van der Waals surface area contributed by atoms with Gasteiger partial charge in [0.2, 0.25) is 0 Å². The quantitative estimate of drug-likeness (QED) is 0.558. The van der Waals surface area contributed by atoms with Crippen LogP contribution in [0.15, 0.2) is 17.0 Å². The lowest BCUT2D eigenvalue weighted by molar-refractivity contribution is -0.151. The molecule has 27 heavy (non-hydrogen) atoms. The molecule has 3 saturated heterocycles. The molecule has 3 aliphatic rings. The van der Waals surface area contributed by atoms with Crippen molar-refractivity contribution in [2.24, 2.45) is 11.3 Å². The van der Waals surface area contributed by atoms with Crippen LogP contribution in [-0.2, 0) is 17.1 Å². The normalized spacial score (nSPS) is 23.8. The van der Waals surface area contributed by atoms with Gasteiger partial charge in [0.1, 0.15) is 5.69 Å². The van der Waals surface area contributed by atoms with E-state index in [9.17, 15) is 26.3 Å². The monoisotopic (exact) mass is 413 g/mol. The highest BCUT2D eigenvalue weighted by Gasteiger charge is 2.52. The molecule has 4 nitrogen and oxygen atoms in total. The van der Waals surface area contributed by atoms with Gasteiger partial charge in [-0.15, -0.1) is 0 Å². The number of alkyl halides is 6. The third-order valence-electron chi connectivity index (χ3n) is 5.01. The van der Waals surface area contributed by atoms with Gasteiger partial charge in [-0.2, -0.15) is 26.3 Å². The number of halogens is 6. The zero-order chi connectivity index (χ0) is 19.4. The molecule has 0 saturated carbocycles. The zero-order valence-corrected chi connectivity index (χ0v) is 14.9. The van der Waals surface area contributed by atoms with E-state index in [0.29, 0.717) is 25.1 Å². The number of pyridine rings is 1. The molecule has 3 aliphatic heterocycles. The van der Waals surface area contributed by atoms with Gasteiger partial charge in [-0.05, 0) is 24.1 Å². The topological polar surface area (TPSA) is 28.6 Å². The Morgan fingerprint density at radius 1 is 1.04 bits per heavy atom. The summed E-state index contributed by atoms with van der Waals surface area (Å²) >= 11 is 0.831. The minimum absolute atomic E-state index is 0.0926. The molecule has 0 N–H and O–H groups in total. The number of aromatic nitrogens is 1. The second-order valence-corrected chi connectivity index (χ2v) is 8.64. The molecule has 11 heteroatoms. The van der Waals surface area contributed by atoms with Crippen molar-refractivity contribution in [3.63, 3.8) is 0 Å². The first kappa shape index (κ1) is 19.3. The summed E-state index contributed by atoms with van der Waals surface area (Å²) in [7, 11) is 0. The van der Waals surface area contributed by atoms with Crippen LogP contribution in [0.1, 0.15) is 11.4 Å². The van der Waals surface area contributed by atoms with E-state index in [1.165, 1.54) is 0 Å². The van der Waals surface area contributed by atoms with Gasteiger partial charge in [-0.25, -0.2) is 9.29 Å². The molecule has 0 unspecified atom stereocenters. The van der Waals surface area contributed by atoms with Crippen LogP contribution in [-0.4, -0.2) is 60.1 Å². The Balaban J connectivity index is 1.36. The number of hydrogen-bond donors (Lipinski definition) is 0. The second-order valence-electron chi connectivity index (χ2n) is 7.50. The first-order valence-corrected chi connectivity index (χ1v) is 9.20. The van der Waals surface area contributed by atoms with E-state index in [0.717, 1.165) is 50.9 Å². The van der Waals surface area contributed by atoms with Crippen molar-refractivity contribution in [3.8, 4) is 0 Å². The van der Waals surface area contributed by atoms with E-state index >= 15 is 0 Å². The van der Waals surface area contributed by atoms with Gasteiger partial charge in [-0.3, -0.25) is 0 Å². The molecule has 1 aromatic rings. The number of hydrogen-bond acceptors (Lipinski definition) is 5. The molecule has 150 valence electrons. The van der Waals surface area contributed by atoms with E-state index in [1.807, 2.05) is 0 Å². The van der Waals surface area contributed by atoms with Crippen LogP contribution in [0.3, 0.4) is 0 Å². The Morgan fingerprint density at radius 3 is 2.22 bits per heavy atom. The summed E-state index contributed by atoms with van der Waals surface area (Å²) in [6.45, 7) is 5.59. The van der Waals surface area contributed by atoms with Crippen LogP contribution in [0, 0.1) is 11.3 Å². The van der Waals surface area contributed by atoms with Crippen LogP contribution in [0.25, 0.3) is 0 Å². The maximum Gasteiger partial charge on any atom is 0.434 e. The Hall–Kier alpha value is -1.04. The summed E-state index contributed by atoms with van der Waals surface area (Å²) in [4.78, 5) is 4.86. The molecule has 0 radical (unpaired) electrons. The standard InChI is InChI=1S/C16H17F6N3OS/c17-15(18,19)12-2-1-11(13(23-12)16(20,21)22)27-25-8-14(9-25)6-24(7-14)3-10-4-26-5-10/h1-2,10H,3-9H2. The fourth-order valence-corrected chi connectivity index (χ4v) is 5.10. The molecule has 1 spiro atoms. The fourth-order valence-electron chi connectivity index (χ4n) is 3.77. The fraction of sp³-hybridized carbons (Fsp3) is 0.688. The third-order valence-corrected chi connectivity index (χ3v) is 6.05. The van der Waals surface area contributed by atoms with E-state index in [-0.39, 0.29) is 10.3 Å². The van der Waals surface area contributed by atoms with Crippen molar-refractivity contribution in [1.29, 1.82) is 0 Å². The highest BCUT2D eigenvalue weighted by atomic mass is 32.2. The lowest BCUT2D eigenvalue weighted by Gasteiger charge is -2.60. The van der Waals surface area contributed by atoms with E-state index in [1.54, 1.807) is 4.31 Å². The largest absolute Gasteiger partial charge is 0.434 e. The lowest BCUT2D eigenvalue weighted by Crippen LogP contribution is -2.71. The average molecular weight is 413 g/mol. The van der Waals surface area contributed by atoms with Crippen LogP contribution < -0.4 is 0 Å². The van der Waals surface area contributed by atoms with Gasteiger partial charge in [0.25, 0.3) is 0 Å². The summed E-state index contributed by atoms with van der Waals surface area (Å²) in [5, 5.41) is 0. The van der Waals surface area contributed by atoms with Crippen molar-refractivity contribution in [2.75, 3.05) is 45.9 Å². The molecule has 0 aliphatic carbocycles. The first-order chi connectivity index (χ1) is 12.5. The zero-order valence-electron chi connectivity index (χ0n) is 14.1. The molecule has 4 rings (SSSR count). The minimum atomic E-state index is -4.94. The Morgan fingerprint density at radius 2 is 1.70 bits per heavy atom.